The Bertz CT molecular complexity index is 365. The number of hydrogen-bond donors (Lipinski definition) is 2. The van der Waals surface area contributed by atoms with Gasteiger partial charge in [-0.1, -0.05) is 13.0 Å². The minimum atomic E-state index is -1.09. The zero-order chi connectivity index (χ0) is 12.0. The molecule has 1 amide bonds. The van der Waals surface area contributed by atoms with Crippen molar-refractivity contribution >= 4 is 11.9 Å². The van der Waals surface area contributed by atoms with E-state index in [0.29, 0.717) is 18.4 Å². The molecule has 1 aromatic rings. The number of pyridine rings is 1. The maximum Gasteiger partial charge on any atom is 0.330 e. The summed E-state index contributed by atoms with van der Waals surface area (Å²) in [7, 11) is 0. The number of nitrogens with zero attached hydrogens (tertiary/aromatic N) is 1. The predicted octanol–water partition coefficient (Wildman–Crippen LogP) is 1.12. The predicted molar refractivity (Wildman–Crippen MR) is 57.7 cm³/mol. The van der Waals surface area contributed by atoms with Crippen LogP contribution in [0, 0.1) is 0 Å². The Hall–Kier alpha value is -1.91. The number of aromatic nitrogens is 1. The lowest BCUT2D eigenvalue weighted by Gasteiger charge is -2.13. The van der Waals surface area contributed by atoms with Crippen molar-refractivity contribution in [2.24, 2.45) is 0 Å². The van der Waals surface area contributed by atoms with E-state index in [0.717, 1.165) is 0 Å². The Kier molecular flexibility index (Phi) is 4.44. The molecule has 1 unspecified atom stereocenters. The maximum atomic E-state index is 11.3. The first-order chi connectivity index (χ1) is 7.65. The molecule has 16 heavy (non-hydrogen) atoms. The average Bonchev–Trinajstić information content (AvgIpc) is 2.27. The molecule has 1 atom stereocenters. The molecule has 0 aliphatic rings. The summed E-state index contributed by atoms with van der Waals surface area (Å²) in [6.45, 7) is 1.86. The van der Waals surface area contributed by atoms with Gasteiger partial charge in [0.25, 0.3) is 0 Å². The van der Waals surface area contributed by atoms with Crippen LogP contribution in [0.2, 0.25) is 0 Å². The number of amides is 1. The minimum Gasteiger partial charge on any atom is -0.479 e. The second-order valence-electron chi connectivity index (χ2n) is 3.38. The number of carbonyl (C=O) groups is 2. The van der Waals surface area contributed by atoms with Gasteiger partial charge in [0, 0.05) is 24.4 Å². The van der Waals surface area contributed by atoms with Gasteiger partial charge in [-0.3, -0.25) is 9.78 Å². The van der Waals surface area contributed by atoms with Gasteiger partial charge in [-0.25, -0.2) is 4.79 Å². The summed E-state index contributed by atoms with van der Waals surface area (Å²) in [4.78, 5) is 26.2. The van der Waals surface area contributed by atoms with Crippen LogP contribution in [-0.4, -0.2) is 22.0 Å². The fraction of sp³-hybridized carbons (Fsp3) is 0.364. The van der Waals surface area contributed by atoms with Gasteiger partial charge < -0.3 is 10.4 Å². The van der Waals surface area contributed by atoms with Crippen LogP contribution in [0.3, 0.4) is 0 Å². The van der Waals surface area contributed by atoms with E-state index in [2.05, 4.69) is 10.3 Å². The van der Waals surface area contributed by atoms with Gasteiger partial charge in [0.15, 0.2) is 6.04 Å². The van der Waals surface area contributed by atoms with Crippen molar-refractivity contribution in [1.82, 2.24) is 10.3 Å². The zero-order valence-corrected chi connectivity index (χ0v) is 9.01. The highest BCUT2D eigenvalue weighted by atomic mass is 16.4. The van der Waals surface area contributed by atoms with E-state index in [1.807, 2.05) is 6.92 Å². The van der Waals surface area contributed by atoms with Crippen molar-refractivity contribution in [3.8, 4) is 0 Å². The van der Waals surface area contributed by atoms with Crippen molar-refractivity contribution in [2.45, 2.75) is 25.8 Å². The molecule has 0 saturated heterocycles. The summed E-state index contributed by atoms with van der Waals surface area (Å²) in [5.74, 6) is -1.35. The van der Waals surface area contributed by atoms with E-state index in [-0.39, 0.29) is 5.91 Å². The van der Waals surface area contributed by atoms with Crippen LogP contribution < -0.4 is 5.32 Å². The Labute approximate surface area is 93.5 Å². The van der Waals surface area contributed by atoms with Crippen LogP contribution in [0.4, 0.5) is 0 Å². The van der Waals surface area contributed by atoms with Crippen molar-refractivity contribution in [2.75, 3.05) is 0 Å². The molecule has 1 aromatic heterocycles. The molecular formula is C11H14N2O3. The van der Waals surface area contributed by atoms with Crippen LogP contribution in [0.1, 0.15) is 31.4 Å². The van der Waals surface area contributed by atoms with Crippen LogP contribution in [0.5, 0.6) is 0 Å². The number of carbonyl (C=O) groups excluding carboxylic acids is 1. The molecule has 1 heterocycles. The lowest BCUT2D eigenvalue weighted by molar-refractivity contribution is -0.142. The third kappa shape index (κ3) is 3.34. The maximum absolute atomic E-state index is 11.3. The zero-order valence-electron chi connectivity index (χ0n) is 9.01. The Morgan fingerprint density at radius 1 is 1.56 bits per heavy atom. The smallest absolute Gasteiger partial charge is 0.330 e. The first kappa shape index (κ1) is 12.2. The van der Waals surface area contributed by atoms with Crippen LogP contribution in [-0.2, 0) is 9.59 Å². The fourth-order valence-electron chi connectivity index (χ4n) is 1.29. The molecule has 0 aliphatic carbocycles. The molecule has 0 bridgehead atoms. The van der Waals surface area contributed by atoms with E-state index < -0.39 is 12.0 Å². The molecule has 0 aromatic carbocycles. The van der Waals surface area contributed by atoms with Gasteiger partial charge in [-0.2, -0.15) is 0 Å². The number of nitrogens with one attached hydrogen (secondary N) is 1. The summed E-state index contributed by atoms with van der Waals surface area (Å²) in [5.41, 5.74) is 0.472. The monoisotopic (exact) mass is 222 g/mol. The van der Waals surface area contributed by atoms with Gasteiger partial charge in [0.1, 0.15) is 0 Å². The van der Waals surface area contributed by atoms with E-state index in [9.17, 15) is 9.59 Å². The fourth-order valence-corrected chi connectivity index (χ4v) is 1.29. The number of carboxylic acids is 1. The molecule has 5 heteroatoms. The molecular weight excluding hydrogens is 208 g/mol. The number of rotatable bonds is 5. The van der Waals surface area contributed by atoms with Gasteiger partial charge in [0.2, 0.25) is 5.91 Å². The lowest BCUT2D eigenvalue weighted by Crippen LogP contribution is -2.33. The Balaban J connectivity index is 2.77. The summed E-state index contributed by atoms with van der Waals surface area (Å²) in [5, 5.41) is 11.5. The van der Waals surface area contributed by atoms with E-state index in [1.165, 1.54) is 6.20 Å². The number of aliphatic carboxylic acids is 1. The highest BCUT2D eigenvalue weighted by Gasteiger charge is 2.21. The van der Waals surface area contributed by atoms with Gasteiger partial charge in [-0.15, -0.1) is 0 Å². The number of carboxylic acid groups (broad SMARTS) is 1. The minimum absolute atomic E-state index is 0.265. The molecule has 0 saturated carbocycles. The van der Waals surface area contributed by atoms with Crippen LogP contribution in [0.25, 0.3) is 0 Å². The van der Waals surface area contributed by atoms with E-state index in [4.69, 9.17) is 5.11 Å². The highest BCUT2D eigenvalue weighted by molar-refractivity contribution is 5.84. The average molecular weight is 222 g/mol. The summed E-state index contributed by atoms with van der Waals surface area (Å²) >= 11 is 0. The first-order valence-corrected chi connectivity index (χ1v) is 5.07. The van der Waals surface area contributed by atoms with Crippen molar-refractivity contribution in [1.29, 1.82) is 0 Å². The van der Waals surface area contributed by atoms with Gasteiger partial charge in [0.05, 0.1) is 0 Å². The third-order valence-electron chi connectivity index (χ3n) is 2.05. The van der Waals surface area contributed by atoms with E-state index >= 15 is 0 Å². The summed E-state index contributed by atoms with van der Waals surface area (Å²) in [6, 6.07) is 2.24. The standard InChI is InChI=1S/C11H14N2O3/c1-2-4-9(14)13-10(11(15)16)8-5-3-6-12-7-8/h3,5-7,10H,2,4H2,1H3,(H,13,14)(H,15,16). The quantitative estimate of drug-likeness (QED) is 0.782. The van der Waals surface area contributed by atoms with Crippen molar-refractivity contribution in [3.05, 3.63) is 30.1 Å². The highest BCUT2D eigenvalue weighted by Crippen LogP contribution is 2.11. The van der Waals surface area contributed by atoms with Crippen LogP contribution in [0.15, 0.2) is 24.5 Å². The SMILES string of the molecule is CCCC(=O)NC(C(=O)O)c1cccnc1. The first-order valence-electron chi connectivity index (χ1n) is 5.07. The number of hydrogen-bond acceptors (Lipinski definition) is 3. The van der Waals surface area contributed by atoms with Crippen molar-refractivity contribution in [3.63, 3.8) is 0 Å². The largest absolute Gasteiger partial charge is 0.479 e. The Morgan fingerprint density at radius 2 is 2.31 bits per heavy atom. The molecule has 1 rings (SSSR count). The lowest BCUT2D eigenvalue weighted by atomic mass is 10.1. The second kappa shape index (κ2) is 5.85. The van der Waals surface area contributed by atoms with Crippen LogP contribution >= 0.6 is 0 Å². The third-order valence-corrected chi connectivity index (χ3v) is 2.05. The van der Waals surface area contributed by atoms with Gasteiger partial charge >= 0.3 is 5.97 Å². The summed E-state index contributed by atoms with van der Waals surface area (Å²) in [6.07, 6.45) is 4.00. The molecule has 2 N–H and O–H groups in total. The summed E-state index contributed by atoms with van der Waals surface area (Å²) < 4.78 is 0. The molecule has 0 spiro atoms. The van der Waals surface area contributed by atoms with Crippen molar-refractivity contribution < 1.29 is 14.7 Å². The molecule has 0 radical (unpaired) electrons. The molecule has 0 aliphatic heterocycles. The Morgan fingerprint density at radius 3 is 2.81 bits per heavy atom. The molecule has 0 fully saturated rings. The van der Waals surface area contributed by atoms with Gasteiger partial charge in [-0.05, 0) is 12.5 Å². The normalized spacial score (nSPS) is 11.8. The molecule has 5 nitrogen and oxygen atoms in total. The topological polar surface area (TPSA) is 79.3 Å². The molecule has 86 valence electrons. The van der Waals surface area contributed by atoms with E-state index in [1.54, 1.807) is 18.3 Å². The second-order valence-corrected chi connectivity index (χ2v) is 3.38.